The lowest BCUT2D eigenvalue weighted by Gasteiger charge is -2.15. The molecule has 0 amide bonds. The van der Waals surface area contributed by atoms with Crippen LogP contribution < -0.4 is 10.6 Å². The Hall–Kier alpha value is -3.10. The second-order valence-electron chi connectivity index (χ2n) is 6.67. The van der Waals surface area contributed by atoms with Crippen molar-refractivity contribution < 1.29 is 8.78 Å². The van der Waals surface area contributed by atoms with Gasteiger partial charge >= 0.3 is 0 Å². The number of hydrogen-bond donors (Lipinski definition) is 3. The monoisotopic (exact) mass is 371 g/mol. The molecule has 2 heterocycles. The van der Waals surface area contributed by atoms with Crippen molar-refractivity contribution in [1.29, 1.82) is 0 Å². The number of hydrogen-bond acceptors (Lipinski definition) is 6. The molecular weight excluding hydrogens is 352 g/mol. The molecule has 4 rings (SSSR count). The molecule has 1 aromatic carbocycles. The zero-order valence-electron chi connectivity index (χ0n) is 14.9. The Morgan fingerprint density at radius 1 is 1.11 bits per heavy atom. The molecule has 140 valence electrons. The maximum Gasteiger partial charge on any atom is 0.233 e. The van der Waals surface area contributed by atoms with Crippen LogP contribution in [0.25, 0.3) is 0 Å². The molecule has 0 aliphatic heterocycles. The number of aryl methyl sites for hydroxylation is 1. The lowest BCUT2D eigenvalue weighted by molar-refractivity contribution is 0.566. The molecule has 2 aromatic heterocycles. The average molecular weight is 371 g/mol. The van der Waals surface area contributed by atoms with Crippen LogP contribution in [0.1, 0.15) is 48.8 Å². The molecule has 3 N–H and O–H groups in total. The fourth-order valence-electron chi connectivity index (χ4n) is 2.85. The third-order valence-corrected chi connectivity index (χ3v) is 4.38. The highest BCUT2D eigenvalue weighted by atomic mass is 19.1. The van der Waals surface area contributed by atoms with E-state index in [9.17, 15) is 8.78 Å². The van der Waals surface area contributed by atoms with E-state index in [1.165, 1.54) is 25.0 Å². The Bertz CT molecular complexity index is 968. The van der Waals surface area contributed by atoms with Crippen LogP contribution in [-0.4, -0.2) is 25.1 Å². The maximum atomic E-state index is 14.0. The van der Waals surface area contributed by atoms with Crippen molar-refractivity contribution in [3.8, 4) is 0 Å². The Balaban J connectivity index is 1.50. The Labute approximate surface area is 154 Å². The standard InChI is InChI=1S/C18H19F2N7/c1-9(13-6-5-12(19)7-14(13)20)21-17-22-10(2)23-18(25-17)24-16-8-15(26-27-16)11-3-4-11/h5-9,11H,3-4H2,1-2H3,(H3,21,22,23,24,25,26,27)/t9-/m1/s1. The fourth-order valence-corrected chi connectivity index (χ4v) is 2.85. The van der Waals surface area contributed by atoms with Crippen LogP contribution in [0, 0.1) is 18.6 Å². The van der Waals surface area contributed by atoms with E-state index in [2.05, 4.69) is 35.8 Å². The zero-order valence-corrected chi connectivity index (χ0v) is 14.9. The van der Waals surface area contributed by atoms with Crippen LogP contribution in [0.2, 0.25) is 0 Å². The predicted octanol–water partition coefficient (Wildman–Crippen LogP) is 3.98. The van der Waals surface area contributed by atoms with E-state index >= 15 is 0 Å². The van der Waals surface area contributed by atoms with Gasteiger partial charge in [0.05, 0.1) is 6.04 Å². The molecule has 3 aromatic rings. The number of rotatable bonds is 6. The van der Waals surface area contributed by atoms with Crippen molar-refractivity contribution in [3.63, 3.8) is 0 Å². The van der Waals surface area contributed by atoms with E-state index in [-0.39, 0.29) is 0 Å². The van der Waals surface area contributed by atoms with Gasteiger partial charge in [0.25, 0.3) is 0 Å². The van der Waals surface area contributed by atoms with Crippen LogP contribution in [0.15, 0.2) is 24.3 Å². The summed E-state index contributed by atoms with van der Waals surface area (Å²) in [5, 5.41) is 13.3. The molecule has 1 aliphatic rings. The number of nitrogens with zero attached hydrogens (tertiary/aromatic N) is 4. The van der Waals surface area contributed by atoms with Gasteiger partial charge in [-0.1, -0.05) is 6.07 Å². The second-order valence-corrected chi connectivity index (χ2v) is 6.67. The van der Waals surface area contributed by atoms with Gasteiger partial charge in [0, 0.05) is 29.3 Å². The molecular formula is C18H19F2N7. The van der Waals surface area contributed by atoms with E-state index in [1.807, 2.05) is 6.07 Å². The highest BCUT2D eigenvalue weighted by Crippen LogP contribution is 2.39. The Morgan fingerprint density at radius 3 is 2.63 bits per heavy atom. The highest BCUT2D eigenvalue weighted by Gasteiger charge is 2.25. The van der Waals surface area contributed by atoms with E-state index in [4.69, 9.17) is 0 Å². The molecule has 9 heteroatoms. The van der Waals surface area contributed by atoms with Gasteiger partial charge in [0.15, 0.2) is 5.82 Å². The van der Waals surface area contributed by atoms with E-state index in [1.54, 1.807) is 13.8 Å². The zero-order chi connectivity index (χ0) is 19.0. The fraction of sp³-hybridized carbons (Fsp3) is 0.333. The summed E-state index contributed by atoms with van der Waals surface area (Å²) < 4.78 is 27.1. The average Bonchev–Trinajstić information content (AvgIpc) is 3.34. The van der Waals surface area contributed by atoms with Crippen molar-refractivity contribution in [2.45, 2.75) is 38.6 Å². The first-order valence-corrected chi connectivity index (χ1v) is 8.74. The summed E-state index contributed by atoms with van der Waals surface area (Å²) in [4.78, 5) is 12.8. The number of halogens is 2. The van der Waals surface area contributed by atoms with Gasteiger partial charge in [-0.15, -0.1) is 0 Å². The first-order valence-electron chi connectivity index (χ1n) is 8.74. The van der Waals surface area contributed by atoms with Gasteiger partial charge in [0.2, 0.25) is 11.9 Å². The topological polar surface area (TPSA) is 91.4 Å². The summed E-state index contributed by atoms with van der Waals surface area (Å²) in [6.45, 7) is 3.49. The molecule has 0 saturated heterocycles. The first-order chi connectivity index (χ1) is 13.0. The van der Waals surface area contributed by atoms with Gasteiger partial charge in [-0.3, -0.25) is 5.10 Å². The van der Waals surface area contributed by atoms with Crippen molar-refractivity contribution in [2.24, 2.45) is 0 Å². The SMILES string of the molecule is Cc1nc(Nc2cc(C3CC3)[nH]n2)nc(N[C@H](C)c2ccc(F)cc2F)n1. The summed E-state index contributed by atoms with van der Waals surface area (Å²) in [7, 11) is 0. The van der Waals surface area contributed by atoms with Crippen molar-refractivity contribution in [3.05, 3.63) is 53.0 Å². The van der Waals surface area contributed by atoms with Gasteiger partial charge in [-0.05, 0) is 32.8 Å². The van der Waals surface area contributed by atoms with Gasteiger partial charge in [-0.2, -0.15) is 20.1 Å². The molecule has 0 unspecified atom stereocenters. The Morgan fingerprint density at radius 2 is 1.89 bits per heavy atom. The predicted molar refractivity (Wildman–Crippen MR) is 96.8 cm³/mol. The minimum Gasteiger partial charge on any atom is -0.347 e. The summed E-state index contributed by atoms with van der Waals surface area (Å²) in [5.41, 5.74) is 1.42. The van der Waals surface area contributed by atoms with E-state index < -0.39 is 17.7 Å². The molecule has 7 nitrogen and oxygen atoms in total. The molecule has 1 atom stereocenters. The van der Waals surface area contributed by atoms with Crippen LogP contribution >= 0.6 is 0 Å². The molecule has 1 fully saturated rings. The quantitative estimate of drug-likeness (QED) is 0.607. The lowest BCUT2D eigenvalue weighted by Crippen LogP contribution is -2.13. The summed E-state index contributed by atoms with van der Waals surface area (Å²) >= 11 is 0. The number of benzene rings is 1. The minimum atomic E-state index is -0.622. The lowest BCUT2D eigenvalue weighted by atomic mass is 10.1. The van der Waals surface area contributed by atoms with Crippen LogP contribution in [-0.2, 0) is 0 Å². The number of aromatic nitrogens is 5. The number of anilines is 3. The minimum absolute atomic E-state index is 0.291. The van der Waals surface area contributed by atoms with Gasteiger partial charge in [-0.25, -0.2) is 8.78 Å². The molecule has 0 radical (unpaired) electrons. The highest BCUT2D eigenvalue weighted by molar-refractivity contribution is 5.50. The number of H-pyrrole nitrogens is 1. The van der Waals surface area contributed by atoms with Crippen LogP contribution in [0.5, 0.6) is 0 Å². The third-order valence-electron chi connectivity index (χ3n) is 4.38. The molecule has 27 heavy (non-hydrogen) atoms. The normalized spacial score (nSPS) is 14.8. The third kappa shape index (κ3) is 4.02. The molecule has 1 saturated carbocycles. The number of nitrogens with one attached hydrogen (secondary N) is 3. The summed E-state index contributed by atoms with van der Waals surface area (Å²) in [6.07, 6.45) is 2.36. The second kappa shape index (κ2) is 6.90. The van der Waals surface area contributed by atoms with E-state index in [0.29, 0.717) is 35.0 Å². The van der Waals surface area contributed by atoms with Gasteiger partial charge < -0.3 is 10.6 Å². The molecule has 0 spiro atoms. The summed E-state index contributed by atoms with van der Waals surface area (Å²) in [5.74, 6) is 1.09. The van der Waals surface area contributed by atoms with Crippen LogP contribution in [0.3, 0.4) is 0 Å². The van der Waals surface area contributed by atoms with Crippen molar-refractivity contribution >= 4 is 17.7 Å². The van der Waals surface area contributed by atoms with Crippen molar-refractivity contribution in [2.75, 3.05) is 10.6 Å². The number of aromatic amines is 1. The smallest absolute Gasteiger partial charge is 0.233 e. The van der Waals surface area contributed by atoms with E-state index in [0.717, 1.165) is 11.8 Å². The van der Waals surface area contributed by atoms with Gasteiger partial charge in [0.1, 0.15) is 17.5 Å². The molecule has 0 bridgehead atoms. The Kier molecular flexibility index (Phi) is 4.43. The van der Waals surface area contributed by atoms with Crippen molar-refractivity contribution in [1.82, 2.24) is 25.1 Å². The van der Waals surface area contributed by atoms with Crippen LogP contribution in [0.4, 0.5) is 26.5 Å². The maximum absolute atomic E-state index is 14.0. The molecule has 1 aliphatic carbocycles. The summed E-state index contributed by atoms with van der Waals surface area (Å²) in [6, 6.07) is 4.97. The largest absolute Gasteiger partial charge is 0.347 e. The first kappa shape index (κ1) is 17.3.